The molecule has 0 spiro atoms. The highest BCUT2D eigenvalue weighted by atomic mass is 16.4. The van der Waals surface area contributed by atoms with Gasteiger partial charge >= 0.3 is 6.09 Å². The quantitative estimate of drug-likeness (QED) is 0.570. The smallest absolute Gasteiger partial charge is 0.410 e. The van der Waals surface area contributed by atoms with Crippen LogP contribution in [0.5, 0.6) is 0 Å². The van der Waals surface area contributed by atoms with Gasteiger partial charge in [-0.25, -0.2) is 14.8 Å². The summed E-state index contributed by atoms with van der Waals surface area (Å²) >= 11 is 0. The zero-order chi connectivity index (χ0) is 19.9. The van der Waals surface area contributed by atoms with Crippen molar-refractivity contribution in [1.82, 2.24) is 14.9 Å². The van der Waals surface area contributed by atoms with Crippen molar-refractivity contribution >= 4 is 23.4 Å². The number of benzene rings is 2. The number of hydrogen-bond acceptors (Lipinski definition) is 5. The normalized spacial score (nSPS) is 10.7. The molecule has 7 heteroatoms. The molecule has 3 N–H and O–H groups in total. The molecule has 0 aliphatic heterocycles. The molecular formula is C21H23N5O2. The van der Waals surface area contributed by atoms with Crippen LogP contribution in [0.3, 0.4) is 0 Å². The van der Waals surface area contributed by atoms with Gasteiger partial charge in [-0.05, 0) is 31.7 Å². The molecule has 3 rings (SSSR count). The number of aromatic nitrogens is 2. The predicted molar refractivity (Wildman–Crippen MR) is 110 cm³/mol. The van der Waals surface area contributed by atoms with Gasteiger partial charge in [-0.3, -0.25) is 10.2 Å². The summed E-state index contributed by atoms with van der Waals surface area (Å²) in [5.74, 6) is 1.30. The maximum atomic E-state index is 11.0. The molecular weight excluding hydrogens is 354 g/mol. The van der Waals surface area contributed by atoms with Crippen LogP contribution >= 0.6 is 0 Å². The molecule has 3 aromatic rings. The molecule has 0 atom stereocenters. The SMILES string of the molecule is Cc1ccc(Nc2cc(NC(=O)O)nc(CN(C)Cc3ccccc3)n2)cc1. The number of aryl methyl sites for hydroxylation is 1. The maximum Gasteiger partial charge on any atom is 0.410 e. The Balaban J connectivity index is 1.78. The second-order valence-electron chi connectivity index (χ2n) is 6.63. The molecule has 7 nitrogen and oxygen atoms in total. The van der Waals surface area contributed by atoms with Gasteiger partial charge in [0.2, 0.25) is 0 Å². The van der Waals surface area contributed by atoms with Gasteiger partial charge in [-0.1, -0.05) is 48.0 Å². The largest absolute Gasteiger partial charge is 0.465 e. The number of anilines is 3. The van der Waals surface area contributed by atoms with Crippen molar-refractivity contribution in [2.24, 2.45) is 0 Å². The predicted octanol–water partition coefficient (Wildman–Crippen LogP) is 4.25. The first-order chi connectivity index (χ1) is 13.5. The van der Waals surface area contributed by atoms with Gasteiger partial charge in [-0.15, -0.1) is 0 Å². The Bertz CT molecular complexity index is 929. The van der Waals surface area contributed by atoms with E-state index in [1.807, 2.05) is 56.4 Å². The Kier molecular flexibility index (Phi) is 6.18. The Morgan fingerprint density at radius 3 is 2.36 bits per heavy atom. The van der Waals surface area contributed by atoms with E-state index in [2.05, 4.69) is 37.6 Å². The topological polar surface area (TPSA) is 90.4 Å². The molecule has 0 bridgehead atoms. The van der Waals surface area contributed by atoms with Crippen LogP contribution in [0.15, 0.2) is 60.7 Å². The van der Waals surface area contributed by atoms with Crippen molar-refractivity contribution in [3.63, 3.8) is 0 Å². The minimum Gasteiger partial charge on any atom is -0.465 e. The second-order valence-corrected chi connectivity index (χ2v) is 6.63. The first kappa shape index (κ1) is 19.3. The summed E-state index contributed by atoms with van der Waals surface area (Å²) in [7, 11) is 1.97. The molecule has 0 radical (unpaired) electrons. The average molecular weight is 377 g/mol. The summed E-state index contributed by atoms with van der Waals surface area (Å²) < 4.78 is 0. The summed E-state index contributed by atoms with van der Waals surface area (Å²) in [6.45, 7) is 3.23. The lowest BCUT2D eigenvalue weighted by Gasteiger charge is -2.17. The molecule has 0 aliphatic rings. The fraction of sp³-hybridized carbons (Fsp3) is 0.190. The lowest BCUT2D eigenvalue weighted by molar-refractivity contribution is 0.209. The lowest BCUT2D eigenvalue weighted by atomic mass is 10.2. The summed E-state index contributed by atoms with van der Waals surface area (Å²) in [6.07, 6.45) is -1.16. The number of carbonyl (C=O) groups is 1. The number of nitrogens with zero attached hydrogens (tertiary/aromatic N) is 3. The molecule has 28 heavy (non-hydrogen) atoms. The van der Waals surface area contributed by atoms with E-state index in [1.54, 1.807) is 6.07 Å². The van der Waals surface area contributed by atoms with Gasteiger partial charge in [0.25, 0.3) is 0 Å². The number of amides is 1. The van der Waals surface area contributed by atoms with E-state index in [4.69, 9.17) is 5.11 Å². The standard InChI is InChI=1S/C21H23N5O2/c1-15-8-10-17(11-9-15)22-18-12-19(25-21(27)28)24-20(23-18)14-26(2)13-16-6-4-3-5-7-16/h3-12H,13-14H2,1-2H3,(H,27,28)(H2,22,23,24,25). The number of nitrogens with one attached hydrogen (secondary N) is 2. The van der Waals surface area contributed by atoms with E-state index < -0.39 is 6.09 Å². The Morgan fingerprint density at radius 2 is 1.68 bits per heavy atom. The van der Waals surface area contributed by atoms with Crippen LogP contribution in [0, 0.1) is 6.92 Å². The van der Waals surface area contributed by atoms with Crippen LogP contribution in [0.2, 0.25) is 0 Å². The average Bonchev–Trinajstić information content (AvgIpc) is 2.63. The highest BCUT2D eigenvalue weighted by molar-refractivity contribution is 5.82. The van der Waals surface area contributed by atoms with Crippen molar-refractivity contribution in [1.29, 1.82) is 0 Å². The lowest BCUT2D eigenvalue weighted by Crippen LogP contribution is -2.20. The van der Waals surface area contributed by atoms with E-state index in [9.17, 15) is 4.79 Å². The fourth-order valence-electron chi connectivity index (χ4n) is 2.78. The summed E-state index contributed by atoms with van der Waals surface area (Å²) in [6, 6.07) is 19.6. The van der Waals surface area contributed by atoms with E-state index in [1.165, 1.54) is 5.56 Å². The monoisotopic (exact) mass is 377 g/mol. The van der Waals surface area contributed by atoms with E-state index in [0.29, 0.717) is 18.2 Å². The van der Waals surface area contributed by atoms with E-state index in [-0.39, 0.29) is 5.82 Å². The van der Waals surface area contributed by atoms with Gasteiger partial charge in [0.05, 0.1) is 6.54 Å². The third-order valence-corrected chi connectivity index (χ3v) is 4.04. The van der Waals surface area contributed by atoms with Crippen LogP contribution in [0.25, 0.3) is 0 Å². The summed E-state index contributed by atoms with van der Waals surface area (Å²) in [5.41, 5.74) is 3.21. The molecule has 0 unspecified atom stereocenters. The highest BCUT2D eigenvalue weighted by Gasteiger charge is 2.10. The number of carboxylic acid groups (broad SMARTS) is 1. The third kappa shape index (κ3) is 5.78. The van der Waals surface area contributed by atoms with Gasteiger partial charge in [0.15, 0.2) is 0 Å². The summed E-state index contributed by atoms with van der Waals surface area (Å²) in [5, 5.41) is 14.6. The van der Waals surface area contributed by atoms with Crippen LogP contribution in [0.4, 0.5) is 22.1 Å². The molecule has 1 aromatic heterocycles. The van der Waals surface area contributed by atoms with Crippen LogP contribution < -0.4 is 10.6 Å². The molecule has 1 heterocycles. The highest BCUT2D eigenvalue weighted by Crippen LogP contribution is 2.19. The van der Waals surface area contributed by atoms with Crippen molar-refractivity contribution in [3.05, 3.63) is 77.6 Å². The zero-order valence-corrected chi connectivity index (χ0v) is 15.9. The van der Waals surface area contributed by atoms with Gasteiger partial charge in [0.1, 0.15) is 17.5 Å². The Labute approximate surface area is 164 Å². The molecule has 144 valence electrons. The molecule has 0 fully saturated rings. The van der Waals surface area contributed by atoms with Gasteiger partial charge in [-0.2, -0.15) is 0 Å². The fourth-order valence-corrected chi connectivity index (χ4v) is 2.78. The van der Waals surface area contributed by atoms with Crippen molar-refractivity contribution < 1.29 is 9.90 Å². The van der Waals surface area contributed by atoms with Gasteiger partial charge < -0.3 is 10.4 Å². The molecule has 0 saturated heterocycles. The van der Waals surface area contributed by atoms with Crippen molar-refractivity contribution in [2.75, 3.05) is 17.7 Å². The van der Waals surface area contributed by atoms with E-state index >= 15 is 0 Å². The van der Waals surface area contributed by atoms with Crippen LogP contribution in [0.1, 0.15) is 17.0 Å². The second kappa shape index (κ2) is 8.96. The Morgan fingerprint density at radius 1 is 1.00 bits per heavy atom. The van der Waals surface area contributed by atoms with Gasteiger partial charge in [0, 0.05) is 18.3 Å². The molecule has 1 amide bonds. The van der Waals surface area contributed by atoms with Crippen LogP contribution in [-0.2, 0) is 13.1 Å². The van der Waals surface area contributed by atoms with E-state index in [0.717, 1.165) is 17.8 Å². The molecule has 2 aromatic carbocycles. The van der Waals surface area contributed by atoms with Crippen molar-refractivity contribution in [2.45, 2.75) is 20.0 Å². The molecule has 0 saturated carbocycles. The minimum absolute atomic E-state index is 0.236. The summed E-state index contributed by atoms with van der Waals surface area (Å²) in [4.78, 5) is 22.0. The van der Waals surface area contributed by atoms with Crippen molar-refractivity contribution in [3.8, 4) is 0 Å². The van der Waals surface area contributed by atoms with Crippen LogP contribution in [-0.4, -0.2) is 33.1 Å². The minimum atomic E-state index is -1.16. The first-order valence-electron chi connectivity index (χ1n) is 8.92. The maximum absolute atomic E-state index is 11.0. The zero-order valence-electron chi connectivity index (χ0n) is 15.9. The Hall–Kier alpha value is -3.45. The number of rotatable bonds is 7. The number of hydrogen-bond donors (Lipinski definition) is 3. The molecule has 0 aliphatic carbocycles. The third-order valence-electron chi connectivity index (χ3n) is 4.04. The first-order valence-corrected chi connectivity index (χ1v) is 8.92.